The lowest BCUT2D eigenvalue weighted by Crippen LogP contribution is -2.45. The Bertz CT molecular complexity index is 1700. The van der Waals surface area contributed by atoms with Crippen LogP contribution in [-0.4, -0.2) is 12.5 Å². The number of fused-ring (bicyclic) bond motifs is 5. The molecule has 0 atom stereocenters. The first-order valence-electron chi connectivity index (χ1n) is 12.2. The summed E-state index contributed by atoms with van der Waals surface area (Å²) in [7, 11) is 0.506. The molecule has 2 nitrogen and oxygen atoms in total. The zero-order chi connectivity index (χ0) is 23.1. The molecule has 0 aliphatic heterocycles. The van der Waals surface area contributed by atoms with Crippen molar-refractivity contribution >= 4 is 62.3 Å². The van der Waals surface area contributed by atoms with Gasteiger partial charge in [0.15, 0.2) is 6.20 Å². The first-order valence-corrected chi connectivity index (χ1v) is 14.8. The number of aryl methyl sites for hydroxylation is 2. The van der Waals surface area contributed by atoms with Crippen LogP contribution in [0.25, 0.3) is 49.0 Å². The smallest absolute Gasteiger partial charge is 0.224 e. The molecule has 3 aromatic heterocycles. The summed E-state index contributed by atoms with van der Waals surface area (Å²) in [6, 6.07) is 20.7. The second-order valence-corrected chi connectivity index (χ2v) is 15.0. The number of hydrogen-bond donors (Lipinski definition) is 0. The van der Waals surface area contributed by atoms with Gasteiger partial charge in [0.05, 0.1) is 35.4 Å². The van der Waals surface area contributed by atoms with Crippen molar-refractivity contribution in [1.82, 2.24) is 4.40 Å². The quantitative estimate of drug-likeness (QED) is 0.118. The topological polar surface area (TPSA) is 8.29 Å². The Morgan fingerprint density at radius 1 is 0.879 bits per heavy atom. The van der Waals surface area contributed by atoms with Crippen molar-refractivity contribution in [2.24, 2.45) is 7.05 Å². The second kappa shape index (κ2) is 7.01. The Morgan fingerprint density at radius 2 is 1.61 bits per heavy atom. The first-order chi connectivity index (χ1) is 16.0. The molecular formula is C29H30FN2Si+. The Hall–Kier alpha value is -2.98. The average molecular weight is 454 g/mol. The third kappa shape index (κ3) is 2.50. The van der Waals surface area contributed by atoms with Gasteiger partial charge in [0, 0.05) is 16.8 Å². The van der Waals surface area contributed by atoms with E-state index in [4.69, 9.17) is 0 Å². The van der Waals surface area contributed by atoms with Crippen LogP contribution in [-0.2, 0) is 7.05 Å². The van der Waals surface area contributed by atoms with Gasteiger partial charge in [0.1, 0.15) is 12.9 Å². The van der Waals surface area contributed by atoms with Gasteiger partial charge in [-0.15, -0.1) is 0 Å². The van der Waals surface area contributed by atoms with Crippen molar-refractivity contribution < 1.29 is 8.96 Å². The van der Waals surface area contributed by atoms with E-state index in [1.54, 1.807) is 6.07 Å². The number of halogens is 1. The predicted octanol–water partition coefficient (Wildman–Crippen LogP) is 6.98. The minimum Gasteiger partial charge on any atom is -0.305 e. The molecule has 6 aromatic rings. The molecule has 0 aliphatic carbocycles. The SMILES string of the molecule is CC[Si](CC)(CC)c1cc2cc[n+](C)c3c4c(C)ccc5c6cccc(F)c6n(c(c1)c23)c54. The summed E-state index contributed by atoms with van der Waals surface area (Å²) >= 11 is 0. The van der Waals surface area contributed by atoms with Gasteiger partial charge in [-0.2, -0.15) is 0 Å². The summed E-state index contributed by atoms with van der Waals surface area (Å²) < 4.78 is 20.0. The number of benzene rings is 3. The van der Waals surface area contributed by atoms with E-state index in [1.807, 2.05) is 6.07 Å². The molecule has 0 amide bonds. The van der Waals surface area contributed by atoms with Crippen LogP contribution in [0.2, 0.25) is 18.1 Å². The fourth-order valence-corrected chi connectivity index (χ4v) is 10.0. The van der Waals surface area contributed by atoms with Gasteiger partial charge in [0.2, 0.25) is 5.52 Å². The Morgan fingerprint density at radius 3 is 2.33 bits per heavy atom. The molecule has 0 bridgehead atoms. The van der Waals surface area contributed by atoms with Gasteiger partial charge in [-0.3, -0.25) is 0 Å². The maximum absolute atomic E-state index is 15.5. The lowest BCUT2D eigenvalue weighted by Gasteiger charge is -2.29. The molecule has 0 radical (unpaired) electrons. The minimum atomic E-state index is -1.63. The number of hydrogen-bond acceptors (Lipinski definition) is 0. The number of para-hydroxylation sites is 1. The Balaban J connectivity index is 2.00. The molecule has 33 heavy (non-hydrogen) atoms. The zero-order valence-electron chi connectivity index (χ0n) is 20.1. The van der Waals surface area contributed by atoms with E-state index in [0.29, 0.717) is 5.52 Å². The lowest BCUT2D eigenvalue weighted by molar-refractivity contribution is -0.643. The van der Waals surface area contributed by atoms with Crippen LogP contribution in [0.3, 0.4) is 0 Å². The molecular weight excluding hydrogens is 423 g/mol. The third-order valence-corrected chi connectivity index (χ3v) is 14.0. The fraction of sp³-hybridized carbons (Fsp3) is 0.276. The minimum absolute atomic E-state index is 0.153. The molecule has 0 saturated carbocycles. The van der Waals surface area contributed by atoms with E-state index in [2.05, 4.69) is 86.3 Å². The highest BCUT2D eigenvalue weighted by Gasteiger charge is 2.32. The number of pyridine rings is 2. The molecule has 0 aliphatic rings. The molecule has 0 fully saturated rings. The van der Waals surface area contributed by atoms with Crippen LogP contribution >= 0.6 is 0 Å². The van der Waals surface area contributed by atoms with Gasteiger partial charge < -0.3 is 4.40 Å². The van der Waals surface area contributed by atoms with E-state index in [0.717, 1.165) is 21.8 Å². The van der Waals surface area contributed by atoms with Crippen LogP contribution in [0.4, 0.5) is 4.39 Å². The van der Waals surface area contributed by atoms with E-state index in [-0.39, 0.29) is 5.82 Å². The van der Waals surface area contributed by atoms with Gasteiger partial charge in [-0.1, -0.05) is 74.4 Å². The maximum atomic E-state index is 15.5. The predicted molar refractivity (Wildman–Crippen MR) is 141 cm³/mol. The van der Waals surface area contributed by atoms with Crippen molar-refractivity contribution in [2.45, 2.75) is 45.8 Å². The van der Waals surface area contributed by atoms with Gasteiger partial charge in [0.25, 0.3) is 0 Å². The van der Waals surface area contributed by atoms with E-state index in [9.17, 15) is 0 Å². The van der Waals surface area contributed by atoms with Gasteiger partial charge in [-0.05, 0) is 30.0 Å². The molecule has 0 spiro atoms. The molecule has 4 heteroatoms. The largest absolute Gasteiger partial charge is 0.305 e. The summed E-state index contributed by atoms with van der Waals surface area (Å²) in [5.41, 5.74) is 5.45. The summed E-state index contributed by atoms with van der Waals surface area (Å²) in [6.07, 6.45) is 2.19. The highest BCUT2D eigenvalue weighted by atomic mass is 28.3. The van der Waals surface area contributed by atoms with E-state index in [1.165, 1.54) is 50.6 Å². The lowest BCUT2D eigenvalue weighted by atomic mass is 10.00. The number of nitrogens with zero attached hydrogens (tertiary/aromatic N) is 2. The highest BCUT2D eigenvalue weighted by molar-refractivity contribution is 6.92. The summed E-state index contributed by atoms with van der Waals surface area (Å²) in [6.45, 7) is 9.24. The summed E-state index contributed by atoms with van der Waals surface area (Å²) in [5.74, 6) is -0.153. The second-order valence-electron chi connectivity index (χ2n) is 9.70. The van der Waals surface area contributed by atoms with Crippen LogP contribution in [0.15, 0.2) is 54.7 Å². The molecule has 166 valence electrons. The molecule has 3 aromatic carbocycles. The maximum Gasteiger partial charge on any atom is 0.224 e. The molecule has 3 heterocycles. The van der Waals surface area contributed by atoms with E-state index < -0.39 is 8.07 Å². The molecule has 6 rings (SSSR count). The Labute approximate surface area is 194 Å². The van der Waals surface area contributed by atoms with Gasteiger partial charge >= 0.3 is 0 Å². The standard InChI is InChI=1S/C29H30FN2Si/c1-6-33(7-2,8-3)20-16-19-14-15-31(5)29-25-18(4)12-13-22-21-10-9-11-23(30)27(21)32(28(22)25)24(17-20)26(19)29/h9-17H,6-8H2,1-5H3/q+1. The monoisotopic (exact) mass is 453 g/mol. The van der Waals surface area contributed by atoms with Crippen molar-refractivity contribution in [3.05, 3.63) is 66.1 Å². The average Bonchev–Trinajstić information content (AvgIpc) is 3.17. The summed E-state index contributed by atoms with van der Waals surface area (Å²) in [5, 5.41) is 7.34. The van der Waals surface area contributed by atoms with Crippen LogP contribution in [0, 0.1) is 12.7 Å². The fourth-order valence-electron chi connectivity index (χ4n) is 6.38. The van der Waals surface area contributed by atoms with Crippen molar-refractivity contribution in [1.29, 1.82) is 0 Å². The van der Waals surface area contributed by atoms with Crippen molar-refractivity contribution in [2.75, 3.05) is 0 Å². The molecule has 0 N–H and O–H groups in total. The first kappa shape index (κ1) is 20.6. The van der Waals surface area contributed by atoms with Crippen molar-refractivity contribution in [3.63, 3.8) is 0 Å². The molecule has 0 unspecified atom stereocenters. The number of rotatable bonds is 4. The van der Waals surface area contributed by atoms with Gasteiger partial charge in [-0.25, -0.2) is 8.96 Å². The number of aromatic nitrogens is 2. The Kier molecular flexibility index (Phi) is 4.38. The summed E-state index contributed by atoms with van der Waals surface area (Å²) in [4.78, 5) is 0. The third-order valence-electron chi connectivity index (χ3n) is 8.45. The zero-order valence-corrected chi connectivity index (χ0v) is 21.1. The normalized spacial score (nSPS) is 12.9. The highest BCUT2D eigenvalue weighted by Crippen LogP contribution is 2.41. The van der Waals surface area contributed by atoms with Crippen molar-refractivity contribution in [3.8, 4) is 0 Å². The van der Waals surface area contributed by atoms with Crippen LogP contribution < -0.4 is 9.75 Å². The van der Waals surface area contributed by atoms with Crippen LogP contribution in [0.1, 0.15) is 26.3 Å². The van der Waals surface area contributed by atoms with E-state index >= 15 is 4.39 Å². The molecule has 0 saturated heterocycles. The van der Waals surface area contributed by atoms with Crippen LogP contribution in [0.5, 0.6) is 0 Å².